The van der Waals surface area contributed by atoms with Crippen LogP contribution in [0, 0.1) is 0 Å². The Morgan fingerprint density at radius 3 is 2.93 bits per heavy atom. The molecule has 152 valence electrons. The molecular formula is C21H26N6OS. The Hall–Kier alpha value is -2.58. The number of hydrogen-bond donors (Lipinski definition) is 4. The van der Waals surface area contributed by atoms with Gasteiger partial charge in [0.05, 0.1) is 11.4 Å². The third-order valence-electron chi connectivity index (χ3n) is 5.15. The Bertz CT molecular complexity index is 998. The van der Waals surface area contributed by atoms with E-state index in [0.717, 1.165) is 46.6 Å². The van der Waals surface area contributed by atoms with Gasteiger partial charge in [-0.15, -0.1) is 0 Å². The van der Waals surface area contributed by atoms with Crippen molar-refractivity contribution in [2.24, 2.45) is 0 Å². The molecule has 0 aliphatic heterocycles. The molecule has 8 heteroatoms. The second-order valence-corrected chi connectivity index (χ2v) is 8.20. The van der Waals surface area contributed by atoms with Crippen LogP contribution in [0.15, 0.2) is 36.8 Å². The van der Waals surface area contributed by atoms with E-state index in [1.807, 2.05) is 36.5 Å². The molecule has 3 aromatic rings. The van der Waals surface area contributed by atoms with Gasteiger partial charge in [-0.05, 0) is 37.5 Å². The fourth-order valence-corrected chi connectivity index (χ4v) is 4.29. The van der Waals surface area contributed by atoms with Gasteiger partial charge in [-0.3, -0.25) is 14.5 Å². The molecule has 29 heavy (non-hydrogen) atoms. The van der Waals surface area contributed by atoms with Crippen molar-refractivity contribution in [3.8, 4) is 11.3 Å². The standard InChI is InChI=1S/C21H26N6OS/c1-3-8-29-27-15-10-14(11-15)26-19-16-5-7-24-20(16)25-12-17(19)18-9-13(4-6-23-18)21(28)22-2/h4-7,9,12,14-15,27H,3,8,10-11H2,1-2H3,(H,22,28)(H2,24,25,26). The minimum Gasteiger partial charge on any atom is -0.381 e. The molecule has 1 fully saturated rings. The summed E-state index contributed by atoms with van der Waals surface area (Å²) in [7, 11) is 1.63. The first kappa shape index (κ1) is 19.7. The number of carbonyl (C=O) groups is 1. The molecule has 0 radical (unpaired) electrons. The van der Waals surface area contributed by atoms with E-state index in [0.29, 0.717) is 17.6 Å². The zero-order chi connectivity index (χ0) is 20.2. The number of carbonyl (C=O) groups excluding carboxylic acids is 1. The molecule has 7 nitrogen and oxygen atoms in total. The monoisotopic (exact) mass is 410 g/mol. The molecular weight excluding hydrogens is 384 g/mol. The Morgan fingerprint density at radius 2 is 2.14 bits per heavy atom. The number of aromatic amines is 1. The quantitative estimate of drug-likeness (QED) is 0.335. The predicted octanol–water partition coefficient (Wildman–Crippen LogP) is 3.58. The molecule has 0 spiro atoms. The van der Waals surface area contributed by atoms with E-state index >= 15 is 0 Å². The van der Waals surface area contributed by atoms with Crippen molar-refractivity contribution < 1.29 is 4.79 Å². The van der Waals surface area contributed by atoms with Gasteiger partial charge in [0.2, 0.25) is 0 Å². The summed E-state index contributed by atoms with van der Waals surface area (Å²) in [4.78, 5) is 24.3. The third kappa shape index (κ3) is 4.23. The largest absolute Gasteiger partial charge is 0.381 e. The van der Waals surface area contributed by atoms with Crippen molar-refractivity contribution in [1.29, 1.82) is 0 Å². The Balaban J connectivity index is 1.59. The minimum atomic E-state index is -0.128. The lowest BCUT2D eigenvalue weighted by Crippen LogP contribution is -2.45. The maximum absolute atomic E-state index is 12.0. The lowest BCUT2D eigenvalue weighted by atomic mass is 9.87. The molecule has 0 bridgehead atoms. The van der Waals surface area contributed by atoms with Gasteiger partial charge in [-0.25, -0.2) is 4.98 Å². The van der Waals surface area contributed by atoms with Gasteiger partial charge < -0.3 is 15.6 Å². The third-order valence-corrected chi connectivity index (χ3v) is 6.27. The van der Waals surface area contributed by atoms with Gasteiger partial charge in [0, 0.05) is 60.0 Å². The van der Waals surface area contributed by atoms with Crippen LogP contribution in [-0.2, 0) is 0 Å². The topological polar surface area (TPSA) is 94.7 Å². The summed E-state index contributed by atoms with van der Waals surface area (Å²) in [5.41, 5.74) is 4.07. The maximum Gasteiger partial charge on any atom is 0.251 e. The van der Waals surface area contributed by atoms with Crippen molar-refractivity contribution in [3.05, 3.63) is 42.4 Å². The number of pyridine rings is 2. The zero-order valence-corrected chi connectivity index (χ0v) is 17.5. The van der Waals surface area contributed by atoms with E-state index in [1.54, 1.807) is 19.3 Å². The summed E-state index contributed by atoms with van der Waals surface area (Å²) in [5, 5.41) is 7.41. The molecule has 1 saturated carbocycles. The van der Waals surface area contributed by atoms with E-state index < -0.39 is 0 Å². The highest BCUT2D eigenvalue weighted by Gasteiger charge is 2.30. The average molecular weight is 411 g/mol. The van der Waals surface area contributed by atoms with Crippen LogP contribution in [0.3, 0.4) is 0 Å². The van der Waals surface area contributed by atoms with Crippen LogP contribution in [0.2, 0.25) is 0 Å². The fourth-order valence-electron chi connectivity index (χ4n) is 3.54. The van der Waals surface area contributed by atoms with Gasteiger partial charge in [0.15, 0.2) is 0 Å². The highest BCUT2D eigenvalue weighted by Crippen LogP contribution is 2.36. The summed E-state index contributed by atoms with van der Waals surface area (Å²) in [6.07, 6.45) is 8.72. The number of aromatic nitrogens is 3. The van der Waals surface area contributed by atoms with E-state index in [9.17, 15) is 4.79 Å². The fraction of sp³-hybridized carbons (Fsp3) is 0.381. The summed E-state index contributed by atoms with van der Waals surface area (Å²) < 4.78 is 3.54. The number of anilines is 1. The molecule has 4 N–H and O–H groups in total. The molecule has 1 aliphatic carbocycles. The van der Waals surface area contributed by atoms with Crippen molar-refractivity contribution in [1.82, 2.24) is 25.0 Å². The molecule has 1 amide bonds. The summed E-state index contributed by atoms with van der Waals surface area (Å²) in [5.74, 6) is 1.01. The van der Waals surface area contributed by atoms with Crippen LogP contribution in [0.4, 0.5) is 5.69 Å². The number of fused-ring (bicyclic) bond motifs is 1. The zero-order valence-electron chi connectivity index (χ0n) is 16.7. The Labute approximate surface area is 174 Å². The number of hydrogen-bond acceptors (Lipinski definition) is 6. The lowest BCUT2D eigenvalue weighted by Gasteiger charge is -2.37. The number of rotatable bonds is 8. The van der Waals surface area contributed by atoms with Gasteiger partial charge in [-0.1, -0.05) is 18.9 Å². The molecule has 1 aliphatic rings. The van der Waals surface area contributed by atoms with Gasteiger partial charge in [0.1, 0.15) is 5.65 Å². The van der Waals surface area contributed by atoms with Crippen molar-refractivity contribution in [3.63, 3.8) is 0 Å². The first-order valence-electron chi connectivity index (χ1n) is 9.98. The number of H-pyrrole nitrogens is 1. The highest BCUT2D eigenvalue weighted by molar-refractivity contribution is 7.97. The van der Waals surface area contributed by atoms with E-state index in [-0.39, 0.29) is 5.91 Å². The number of nitrogens with one attached hydrogen (secondary N) is 4. The molecule has 0 unspecified atom stereocenters. The van der Waals surface area contributed by atoms with E-state index in [1.165, 1.54) is 6.42 Å². The van der Waals surface area contributed by atoms with Crippen LogP contribution in [0.25, 0.3) is 22.3 Å². The second kappa shape index (κ2) is 8.84. The van der Waals surface area contributed by atoms with Crippen LogP contribution in [-0.4, -0.2) is 45.7 Å². The SMILES string of the molecule is CCCSNC1CC(Nc2c(-c3cc(C(=O)NC)ccn3)cnc3[nH]ccc23)C1. The van der Waals surface area contributed by atoms with Crippen LogP contribution >= 0.6 is 11.9 Å². The van der Waals surface area contributed by atoms with E-state index in [2.05, 4.69) is 37.2 Å². The van der Waals surface area contributed by atoms with Crippen LogP contribution in [0.1, 0.15) is 36.5 Å². The van der Waals surface area contributed by atoms with Gasteiger partial charge in [0.25, 0.3) is 5.91 Å². The molecule has 0 saturated heterocycles. The first-order valence-corrected chi connectivity index (χ1v) is 11.0. The molecule has 0 aromatic carbocycles. The summed E-state index contributed by atoms with van der Waals surface area (Å²) in [6, 6.07) is 6.50. The van der Waals surface area contributed by atoms with Crippen molar-refractivity contribution >= 4 is 34.6 Å². The predicted molar refractivity (Wildman–Crippen MR) is 119 cm³/mol. The second-order valence-electron chi connectivity index (χ2n) is 7.27. The normalized spacial score (nSPS) is 18.4. The molecule has 0 atom stereocenters. The smallest absolute Gasteiger partial charge is 0.251 e. The van der Waals surface area contributed by atoms with Gasteiger partial charge in [-0.2, -0.15) is 0 Å². The van der Waals surface area contributed by atoms with Crippen molar-refractivity contribution in [2.45, 2.75) is 38.3 Å². The maximum atomic E-state index is 12.0. The van der Waals surface area contributed by atoms with Crippen LogP contribution in [0.5, 0.6) is 0 Å². The van der Waals surface area contributed by atoms with Crippen LogP contribution < -0.4 is 15.4 Å². The Morgan fingerprint density at radius 1 is 1.28 bits per heavy atom. The highest BCUT2D eigenvalue weighted by atomic mass is 32.2. The average Bonchev–Trinajstić information content (AvgIpc) is 3.20. The summed E-state index contributed by atoms with van der Waals surface area (Å²) >= 11 is 1.82. The Kier molecular flexibility index (Phi) is 6.01. The number of nitrogens with zero attached hydrogens (tertiary/aromatic N) is 2. The van der Waals surface area contributed by atoms with Crippen molar-refractivity contribution in [2.75, 3.05) is 18.1 Å². The molecule has 4 rings (SSSR count). The van der Waals surface area contributed by atoms with E-state index in [4.69, 9.17) is 0 Å². The minimum absolute atomic E-state index is 0.128. The first-order chi connectivity index (χ1) is 14.2. The molecule has 3 heterocycles. The molecule has 3 aromatic heterocycles. The number of amides is 1. The van der Waals surface area contributed by atoms with Gasteiger partial charge >= 0.3 is 0 Å². The summed E-state index contributed by atoms with van der Waals surface area (Å²) in [6.45, 7) is 2.19. The lowest BCUT2D eigenvalue weighted by molar-refractivity contribution is 0.0963.